The monoisotopic (exact) mass is 386 g/mol. The lowest BCUT2D eigenvalue weighted by Gasteiger charge is -2.15. The normalized spacial score (nSPS) is 11.7. The summed E-state index contributed by atoms with van der Waals surface area (Å²) in [5.41, 5.74) is 1.32. The van der Waals surface area contributed by atoms with E-state index in [4.69, 9.17) is 4.74 Å². The molecule has 7 heteroatoms. The van der Waals surface area contributed by atoms with Crippen molar-refractivity contribution in [3.05, 3.63) is 53.6 Å². The fourth-order valence-electron chi connectivity index (χ4n) is 2.52. The summed E-state index contributed by atoms with van der Waals surface area (Å²) in [6.07, 6.45) is -0.677. The summed E-state index contributed by atoms with van der Waals surface area (Å²) < 4.78 is 5.63. The average Bonchev–Trinajstić information content (AvgIpc) is 2.64. The number of phenols is 2. The zero-order valence-electron chi connectivity index (χ0n) is 16.2. The molecule has 28 heavy (non-hydrogen) atoms. The Bertz CT molecular complexity index is 798. The van der Waals surface area contributed by atoms with Gasteiger partial charge in [-0.3, -0.25) is 9.59 Å². The first-order valence-electron chi connectivity index (χ1n) is 9.12. The standard InChI is InChI=1S/C21H26N2O5/c1-13(2)15-4-6-19(7-5-15)28-14(3)20(26)22-8-9-23-21(27)16-10-17(24)12-18(25)11-16/h4-7,10-14,24-25H,8-9H2,1-3H3,(H,22,26)(H,23,27). The van der Waals surface area contributed by atoms with Gasteiger partial charge >= 0.3 is 0 Å². The number of benzene rings is 2. The van der Waals surface area contributed by atoms with Crippen LogP contribution in [0.15, 0.2) is 42.5 Å². The molecule has 0 bridgehead atoms. The minimum Gasteiger partial charge on any atom is -0.508 e. The summed E-state index contributed by atoms with van der Waals surface area (Å²) in [5.74, 6) is -0.123. The number of ether oxygens (including phenoxy) is 1. The van der Waals surface area contributed by atoms with Crippen molar-refractivity contribution >= 4 is 11.8 Å². The molecule has 0 heterocycles. The van der Waals surface area contributed by atoms with Crippen LogP contribution in [0.4, 0.5) is 0 Å². The quantitative estimate of drug-likeness (QED) is 0.522. The third-order valence-corrected chi connectivity index (χ3v) is 4.10. The average molecular weight is 386 g/mol. The number of carbonyl (C=O) groups is 2. The van der Waals surface area contributed by atoms with Crippen molar-refractivity contribution in [2.45, 2.75) is 32.8 Å². The summed E-state index contributed by atoms with van der Waals surface area (Å²) in [5, 5.41) is 24.1. The molecule has 0 aliphatic rings. The first-order chi connectivity index (χ1) is 13.3. The van der Waals surface area contributed by atoms with Crippen LogP contribution in [-0.4, -0.2) is 41.2 Å². The summed E-state index contributed by atoms with van der Waals surface area (Å²) in [6, 6.07) is 11.2. The van der Waals surface area contributed by atoms with Gasteiger partial charge in [-0.1, -0.05) is 26.0 Å². The van der Waals surface area contributed by atoms with E-state index in [2.05, 4.69) is 24.5 Å². The van der Waals surface area contributed by atoms with Gasteiger partial charge in [0.25, 0.3) is 11.8 Å². The van der Waals surface area contributed by atoms with Crippen molar-refractivity contribution < 1.29 is 24.5 Å². The molecule has 2 amide bonds. The molecule has 7 nitrogen and oxygen atoms in total. The van der Waals surface area contributed by atoms with Gasteiger partial charge in [-0.2, -0.15) is 0 Å². The second kappa shape index (κ2) is 9.64. The molecule has 150 valence electrons. The van der Waals surface area contributed by atoms with E-state index in [0.717, 1.165) is 6.07 Å². The zero-order valence-corrected chi connectivity index (χ0v) is 16.2. The molecule has 0 aliphatic heterocycles. The number of nitrogens with one attached hydrogen (secondary N) is 2. The first-order valence-corrected chi connectivity index (χ1v) is 9.12. The Kier molecular flexibility index (Phi) is 7.26. The molecular formula is C21H26N2O5. The number of hydrogen-bond acceptors (Lipinski definition) is 5. The van der Waals surface area contributed by atoms with Crippen molar-refractivity contribution in [3.63, 3.8) is 0 Å². The lowest BCUT2D eigenvalue weighted by atomic mass is 10.0. The minimum atomic E-state index is -0.677. The third kappa shape index (κ3) is 6.19. The van der Waals surface area contributed by atoms with Crippen LogP contribution in [0.25, 0.3) is 0 Å². The lowest BCUT2D eigenvalue weighted by molar-refractivity contribution is -0.127. The van der Waals surface area contributed by atoms with Crippen LogP contribution >= 0.6 is 0 Å². The van der Waals surface area contributed by atoms with Gasteiger partial charge in [-0.15, -0.1) is 0 Å². The minimum absolute atomic E-state index is 0.130. The van der Waals surface area contributed by atoms with E-state index < -0.39 is 12.0 Å². The van der Waals surface area contributed by atoms with E-state index in [1.165, 1.54) is 17.7 Å². The van der Waals surface area contributed by atoms with Crippen molar-refractivity contribution in [1.82, 2.24) is 10.6 Å². The van der Waals surface area contributed by atoms with Gasteiger partial charge in [0, 0.05) is 24.7 Å². The summed E-state index contributed by atoms with van der Waals surface area (Å²) >= 11 is 0. The van der Waals surface area contributed by atoms with Crippen LogP contribution in [0.1, 0.15) is 42.6 Å². The van der Waals surface area contributed by atoms with Crippen LogP contribution in [0, 0.1) is 0 Å². The van der Waals surface area contributed by atoms with Gasteiger partial charge < -0.3 is 25.6 Å². The molecule has 0 radical (unpaired) electrons. The van der Waals surface area contributed by atoms with Crippen LogP contribution in [0.5, 0.6) is 17.2 Å². The van der Waals surface area contributed by atoms with Gasteiger partial charge in [0.2, 0.25) is 0 Å². The highest BCUT2D eigenvalue weighted by Gasteiger charge is 2.14. The first kappa shape index (κ1) is 21.1. The van der Waals surface area contributed by atoms with Crippen LogP contribution in [-0.2, 0) is 4.79 Å². The second-order valence-electron chi connectivity index (χ2n) is 6.77. The van der Waals surface area contributed by atoms with Crippen LogP contribution in [0.2, 0.25) is 0 Å². The number of rotatable bonds is 8. The van der Waals surface area contributed by atoms with Crippen molar-refractivity contribution in [2.24, 2.45) is 0 Å². The molecule has 1 atom stereocenters. The van der Waals surface area contributed by atoms with E-state index >= 15 is 0 Å². The van der Waals surface area contributed by atoms with Crippen molar-refractivity contribution in [1.29, 1.82) is 0 Å². The predicted molar refractivity (Wildman–Crippen MR) is 106 cm³/mol. The highest BCUT2D eigenvalue weighted by atomic mass is 16.5. The molecule has 1 unspecified atom stereocenters. The molecule has 0 saturated heterocycles. The molecule has 0 saturated carbocycles. The highest BCUT2D eigenvalue weighted by molar-refractivity contribution is 5.95. The maximum absolute atomic E-state index is 12.1. The highest BCUT2D eigenvalue weighted by Crippen LogP contribution is 2.20. The summed E-state index contributed by atoms with van der Waals surface area (Å²) in [7, 11) is 0. The summed E-state index contributed by atoms with van der Waals surface area (Å²) in [4.78, 5) is 24.1. The Morgan fingerprint density at radius 1 is 0.929 bits per heavy atom. The Hall–Kier alpha value is -3.22. The number of phenolic OH excluding ortho intramolecular Hbond substituents is 2. The molecule has 2 aromatic rings. The molecule has 0 fully saturated rings. The molecule has 0 aliphatic carbocycles. The van der Waals surface area contributed by atoms with Crippen molar-refractivity contribution in [2.75, 3.05) is 13.1 Å². The zero-order chi connectivity index (χ0) is 20.7. The Balaban J connectivity index is 1.74. The Labute approximate surface area is 164 Å². The van der Waals surface area contributed by atoms with E-state index in [1.807, 2.05) is 24.3 Å². The molecule has 4 N–H and O–H groups in total. The molecule has 0 aromatic heterocycles. The van der Waals surface area contributed by atoms with Gasteiger partial charge in [0.05, 0.1) is 0 Å². The number of amides is 2. The number of hydrogen-bond donors (Lipinski definition) is 4. The largest absolute Gasteiger partial charge is 0.508 e. The Morgan fingerprint density at radius 3 is 2.07 bits per heavy atom. The van der Waals surface area contributed by atoms with Gasteiger partial charge in [0.15, 0.2) is 6.10 Å². The molecule has 0 spiro atoms. The van der Waals surface area contributed by atoms with Crippen LogP contribution < -0.4 is 15.4 Å². The van der Waals surface area contributed by atoms with Crippen molar-refractivity contribution in [3.8, 4) is 17.2 Å². The van der Waals surface area contributed by atoms with E-state index in [-0.39, 0.29) is 36.1 Å². The smallest absolute Gasteiger partial charge is 0.260 e. The number of aromatic hydroxyl groups is 2. The molecule has 2 rings (SSSR count). The third-order valence-electron chi connectivity index (χ3n) is 4.10. The van der Waals surface area contributed by atoms with Gasteiger partial charge in [-0.05, 0) is 42.7 Å². The predicted octanol–water partition coefficient (Wildman–Crippen LogP) is 2.53. The van der Waals surface area contributed by atoms with Crippen LogP contribution in [0.3, 0.4) is 0 Å². The van der Waals surface area contributed by atoms with Gasteiger partial charge in [0.1, 0.15) is 17.2 Å². The summed E-state index contributed by atoms with van der Waals surface area (Å²) in [6.45, 7) is 6.27. The topological polar surface area (TPSA) is 108 Å². The van der Waals surface area contributed by atoms with E-state index in [1.54, 1.807) is 6.92 Å². The molecular weight excluding hydrogens is 360 g/mol. The maximum Gasteiger partial charge on any atom is 0.260 e. The molecule has 2 aromatic carbocycles. The lowest BCUT2D eigenvalue weighted by Crippen LogP contribution is -2.40. The fourth-order valence-corrected chi connectivity index (χ4v) is 2.52. The number of carbonyl (C=O) groups excluding carboxylic acids is 2. The SMILES string of the molecule is CC(Oc1ccc(C(C)C)cc1)C(=O)NCCNC(=O)c1cc(O)cc(O)c1. The maximum atomic E-state index is 12.1. The fraction of sp³-hybridized carbons (Fsp3) is 0.333. The second-order valence-corrected chi connectivity index (χ2v) is 6.77. The van der Waals surface area contributed by atoms with E-state index in [9.17, 15) is 19.8 Å². The Morgan fingerprint density at radius 2 is 1.50 bits per heavy atom. The van der Waals surface area contributed by atoms with Gasteiger partial charge in [-0.25, -0.2) is 0 Å². The van der Waals surface area contributed by atoms with E-state index in [0.29, 0.717) is 11.7 Å².